The molecule has 256 valence electrons. The summed E-state index contributed by atoms with van der Waals surface area (Å²) in [5.74, 6) is -3.43. The van der Waals surface area contributed by atoms with Gasteiger partial charge in [0.25, 0.3) is 0 Å². The molecule has 4 aliphatic heterocycles. The first-order chi connectivity index (χ1) is 22.8. The Hall–Kier alpha value is -3.06. The zero-order valence-electron chi connectivity index (χ0n) is 27.1. The molecule has 3 amide bonds. The van der Waals surface area contributed by atoms with Crippen molar-refractivity contribution >= 4 is 39.6 Å². The van der Waals surface area contributed by atoms with Gasteiger partial charge in [-0.05, 0) is 43.7 Å². The van der Waals surface area contributed by atoms with Crippen molar-refractivity contribution in [2.24, 2.45) is 11.8 Å². The largest absolute Gasteiger partial charge is 0.455 e. The third-order valence-corrected chi connectivity index (χ3v) is 10.2. The molecule has 4 heterocycles. The van der Waals surface area contributed by atoms with E-state index in [1.165, 1.54) is 7.11 Å². The predicted molar refractivity (Wildman–Crippen MR) is 177 cm³/mol. The van der Waals surface area contributed by atoms with E-state index in [4.69, 9.17) is 14.2 Å². The fourth-order valence-electron chi connectivity index (χ4n) is 7.32. The highest BCUT2D eigenvalue weighted by Gasteiger charge is 2.74. The number of aliphatic hydroxyl groups is 1. The maximum atomic E-state index is 14.6. The number of amides is 3. The molecule has 0 aliphatic carbocycles. The number of hydrogen-bond donors (Lipinski definition) is 2. The van der Waals surface area contributed by atoms with Crippen LogP contribution in [0, 0.1) is 11.8 Å². The van der Waals surface area contributed by atoms with E-state index in [0.717, 1.165) is 12.8 Å². The molecule has 5 bridgehead atoms. The van der Waals surface area contributed by atoms with E-state index in [2.05, 4.69) is 28.2 Å². The number of unbranched alkanes of at least 4 members (excludes halogenated alkanes) is 3. The first-order valence-electron chi connectivity index (χ1n) is 16.7. The molecule has 0 unspecified atom stereocenters. The van der Waals surface area contributed by atoms with E-state index in [9.17, 15) is 24.3 Å². The number of likely N-dealkylation sites (tertiary alicyclic amines) is 1. The molecule has 11 nitrogen and oxygen atoms in total. The second kappa shape index (κ2) is 15.9. The summed E-state index contributed by atoms with van der Waals surface area (Å²) >= 11 is 3.61. The summed E-state index contributed by atoms with van der Waals surface area (Å²) < 4.78 is 19.0. The Balaban J connectivity index is 1.59. The van der Waals surface area contributed by atoms with Crippen molar-refractivity contribution in [3.63, 3.8) is 0 Å². The molecular weight excluding hydrogens is 670 g/mol. The van der Waals surface area contributed by atoms with Gasteiger partial charge in [-0.2, -0.15) is 0 Å². The van der Waals surface area contributed by atoms with Crippen LogP contribution in [0.25, 0.3) is 0 Å². The van der Waals surface area contributed by atoms with Crippen LogP contribution >= 0.6 is 15.9 Å². The molecule has 7 atom stereocenters. The summed E-state index contributed by atoms with van der Waals surface area (Å²) in [6.07, 6.45) is 8.03. The summed E-state index contributed by atoms with van der Waals surface area (Å²) in [5.41, 5.74) is -0.694. The standard InChI is InChI=1S/C35H46BrN3O8/c1-3-4-17-38-18-11-6-10-16-26(41)37-25(22-45-2)29(23-14-8-5-9-15-23)46-34(44)27-28-32(42)39(19-12-7-13-20-40)31(33(38)43)35(28)21-24(36)30(27)47-35/h5-6,8-9,11,14-15,21,25,27-31,40H,3-4,7,10,12-13,16-20,22H2,1-2H3,(H,37,41)/b11-6-/t25-,27+,28-,29-,30+,31+,35-/m1/s1. The van der Waals surface area contributed by atoms with Gasteiger partial charge >= 0.3 is 5.97 Å². The molecule has 1 aromatic carbocycles. The Labute approximate surface area is 284 Å². The van der Waals surface area contributed by atoms with Gasteiger partial charge in [0.1, 0.15) is 29.8 Å². The number of halogens is 1. The van der Waals surface area contributed by atoms with Gasteiger partial charge in [-0.25, -0.2) is 0 Å². The monoisotopic (exact) mass is 715 g/mol. The Morgan fingerprint density at radius 1 is 1.02 bits per heavy atom. The summed E-state index contributed by atoms with van der Waals surface area (Å²) in [4.78, 5) is 59.9. The van der Waals surface area contributed by atoms with E-state index >= 15 is 0 Å². The normalized spacial score (nSPS) is 31.9. The molecule has 47 heavy (non-hydrogen) atoms. The molecule has 1 aromatic rings. The molecule has 5 rings (SSSR count). The lowest BCUT2D eigenvalue weighted by molar-refractivity contribution is -0.162. The lowest BCUT2D eigenvalue weighted by Gasteiger charge is -2.36. The molecule has 0 aromatic heterocycles. The van der Waals surface area contributed by atoms with E-state index in [0.29, 0.717) is 55.4 Å². The molecule has 4 aliphatic rings. The third-order valence-electron chi connectivity index (χ3n) is 9.54. The Bertz CT molecular complexity index is 1360. The minimum atomic E-state index is -1.36. The molecule has 0 saturated carbocycles. The molecule has 12 heteroatoms. The highest BCUT2D eigenvalue weighted by molar-refractivity contribution is 9.11. The number of nitrogens with zero attached hydrogens (tertiary/aromatic N) is 2. The third kappa shape index (κ3) is 7.21. The molecule has 2 saturated heterocycles. The van der Waals surface area contributed by atoms with Crippen LogP contribution in [0.4, 0.5) is 0 Å². The number of cyclic esters (lactones) is 1. The second-order valence-electron chi connectivity index (χ2n) is 12.7. The van der Waals surface area contributed by atoms with E-state index < -0.39 is 47.7 Å². The smallest absolute Gasteiger partial charge is 0.313 e. The van der Waals surface area contributed by atoms with Crippen LogP contribution in [0.5, 0.6) is 0 Å². The fraction of sp³-hybridized carbons (Fsp3) is 0.600. The van der Waals surface area contributed by atoms with Gasteiger partial charge in [-0.3, -0.25) is 19.2 Å². The van der Waals surface area contributed by atoms with Crippen LogP contribution in [0.2, 0.25) is 0 Å². The lowest BCUT2D eigenvalue weighted by Crippen LogP contribution is -2.56. The van der Waals surface area contributed by atoms with Crippen LogP contribution in [-0.4, -0.2) is 102 Å². The number of nitrogens with one attached hydrogen (secondary N) is 1. The molecule has 2 N–H and O–H groups in total. The van der Waals surface area contributed by atoms with Crippen molar-refractivity contribution in [2.75, 3.05) is 40.0 Å². The number of aliphatic hydroxyl groups excluding tert-OH is 1. The van der Waals surface area contributed by atoms with Gasteiger partial charge in [0.05, 0.1) is 18.6 Å². The number of carbonyl (C=O) groups excluding carboxylic acids is 4. The second-order valence-corrected chi connectivity index (χ2v) is 13.6. The van der Waals surface area contributed by atoms with E-state index in [1.807, 2.05) is 48.6 Å². The van der Waals surface area contributed by atoms with Gasteiger partial charge in [-0.15, -0.1) is 0 Å². The average Bonchev–Trinajstić information content (AvgIpc) is 3.65. The highest BCUT2D eigenvalue weighted by atomic mass is 79.9. The van der Waals surface area contributed by atoms with Crippen molar-refractivity contribution in [1.29, 1.82) is 0 Å². The first-order valence-corrected chi connectivity index (χ1v) is 17.5. The van der Waals surface area contributed by atoms with Gasteiger partial charge < -0.3 is 34.4 Å². The average molecular weight is 717 g/mol. The van der Waals surface area contributed by atoms with Crippen molar-refractivity contribution in [3.8, 4) is 0 Å². The maximum absolute atomic E-state index is 14.6. The summed E-state index contributed by atoms with van der Waals surface area (Å²) in [7, 11) is 1.52. The number of rotatable bonds is 11. The SMILES string of the molecule is CCCCN1C/C=C\CCC(=O)N[C@H](COC)[C@@H](c2ccccc2)OC(=O)[C@@H]2[C@H]3O[C@@]4(C=C3Br)[C@H](C1=O)N(CCCCCO)C(=O)[C@@H]24. The van der Waals surface area contributed by atoms with Gasteiger partial charge in [0.2, 0.25) is 17.7 Å². The number of carbonyl (C=O) groups is 4. The van der Waals surface area contributed by atoms with Crippen LogP contribution in [0.3, 0.4) is 0 Å². The lowest BCUT2D eigenvalue weighted by atomic mass is 9.74. The number of ether oxygens (including phenoxy) is 3. The molecular formula is C35H46BrN3O8. The van der Waals surface area contributed by atoms with Crippen LogP contribution < -0.4 is 5.32 Å². The van der Waals surface area contributed by atoms with Crippen molar-refractivity contribution in [3.05, 3.63) is 58.6 Å². The van der Waals surface area contributed by atoms with Gasteiger partial charge in [0.15, 0.2) is 0 Å². The van der Waals surface area contributed by atoms with Crippen molar-refractivity contribution in [2.45, 2.75) is 81.8 Å². The summed E-state index contributed by atoms with van der Waals surface area (Å²) in [6.45, 7) is 3.27. The topological polar surface area (TPSA) is 135 Å². The Morgan fingerprint density at radius 3 is 2.53 bits per heavy atom. The van der Waals surface area contributed by atoms with Crippen LogP contribution in [-0.2, 0) is 33.4 Å². The molecule has 2 fully saturated rings. The van der Waals surface area contributed by atoms with Crippen molar-refractivity contribution < 1.29 is 38.5 Å². The van der Waals surface area contributed by atoms with Gasteiger partial charge in [0, 0.05) is 44.3 Å². The number of benzene rings is 1. The predicted octanol–water partition coefficient (Wildman–Crippen LogP) is 3.42. The number of hydrogen-bond acceptors (Lipinski definition) is 8. The van der Waals surface area contributed by atoms with Gasteiger partial charge in [-0.1, -0.05) is 71.8 Å². The van der Waals surface area contributed by atoms with Crippen LogP contribution in [0.1, 0.15) is 63.5 Å². The Kier molecular flexibility index (Phi) is 11.9. The maximum Gasteiger partial charge on any atom is 0.313 e. The minimum absolute atomic E-state index is 0.0431. The number of esters is 1. The van der Waals surface area contributed by atoms with Crippen molar-refractivity contribution in [1.82, 2.24) is 15.1 Å². The molecule has 0 radical (unpaired) electrons. The molecule has 1 spiro atoms. The Morgan fingerprint density at radius 2 is 1.81 bits per heavy atom. The number of fused-ring (bicyclic) bond motifs is 2. The highest BCUT2D eigenvalue weighted by Crippen LogP contribution is 2.59. The quantitative estimate of drug-likeness (QED) is 0.202. The minimum Gasteiger partial charge on any atom is -0.455 e. The fourth-order valence-corrected chi connectivity index (χ4v) is 8.05. The number of methoxy groups -OCH3 is 1. The van der Waals surface area contributed by atoms with E-state index in [1.54, 1.807) is 9.80 Å². The summed E-state index contributed by atoms with van der Waals surface area (Å²) in [5, 5.41) is 12.4. The van der Waals surface area contributed by atoms with Crippen LogP contribution in [0.15, 0.2) is 53.0 Å². The summed E-state index contributed by atoms with van der Waals surface area (Å²) in [6, 6.07) is 7.47. The zero-order chi connectivity index (χ0) is 33.6. The van der Waals surface area contributed by atoms with E-state index in [-0.39, 0.29) is 37.4 Å². The number of allylic oxidation sites excluding steroid dienone is 1. The zero-order valence-corrected chi connectivity index (χ0v) is 28.7. The first kappa shape index (κ1) is 35.3.